The first kappa shape index (κ1) is 20.0. The summed E-state index contributed by atoms with van der Waals surface area (Å²) in [5, 5.41) is 2.82. The van der Waals surface area contributed by atoms with E-state index in [4.69, 9.17) is 0 Å². The highest BCUT2D eigenvalue weighted by Gasteiger charge is 2.24. The molecule has 0 saturated heterocycles. The van der Waals surface area contributed by atoms with Gasteiger partial charge in [0.1, 0.15) is 5.82 Å². The number of hydrogen-bond acceptors (Lipinski definition) is 3. The number of nitrogens with zero attached hydrogens (tertiary/aromatic N) is 3. The molecule has 0 unspecified atom stereocenters. The quantitative estimate of drug-likeness (QED) is 0.692. The van der Waals surface area contributed by atoms with Gasteiger partial charge in [-0.25, -0.2) is 4.98 Å². The highest BCUT2D eigenvalue weighted by atomic mass is 19.3. The van der Waals surface area contributed by atoms with Crippen LogP contribution in [0.1, 0.15) is 48.1 Å². The number of hydrogen-bond donors (Lipinski definition) is 1. The Balaban J connectivity index is 1.49. The average Bonchev–Trinajstić information content (AvgIpc) is 3.32. The van der Waals surface area contributed by atoms with Crippen molar-refractivity contribution in [1.29, 1.82) is 0 Å². The van der Waals surface area contributed by atoms with Crippen LogP contribution in [0.2, 0.25) is 0 Å². The van der Waals surface area contributed by atoms with Crippen LogP contribution in [0.15, 0.2) is 42.5 Å². The van der Waals surface area contributed by atoms with Crippen molar-refractivity contribution in [2.45, 2.75) is 32.7 Å². The summed E-state index contributed by atoms with van der Waals surface area (Å²) in [4.78, 5) is 30.3. The van der Waals surface area contributed by atoms with Gasteiger partial charge in [0, 0.05) is 37.2 Å². The number of alkyl halides is 2. The first-order chi connectivity index (χ1) is 14.4. The summed E-state index contributed by atoms with van der Waals surface area (Å²) in [7, 11) is 0. The summed E-state index contributed by atoms with van der Waals surface area (Å²) in [6.45, 7) is 1.34. The zero-order chi connectivity index (χ0) is 21.4. The van der Waals surface area contributed by atoms with E-state index in [-0.39, 0.29) is 24.2 Å². The molecule has 1 atom stereocenters. The summed E-state index contributed by atoms with van der Waals surface area (Å²) in [5.74, 6) is -0.483. The number of anilines is 1. The zero-order valence-electron chi connectivity index (χ0n) is 16.7. The number of para-hydroxylation sites is 2. The average molecular weight is 412 g/mol. The minimum Gasteiger partial charge on any atom is -0.351 e. The van der Waals surface area contributed by atoms with Gasteiger partial charge in [0.05, 0.1) is 11.0 Å². The van der Waals surface area contributed by atoms with Gasteiger partial charge in [0.15, 0.2) is 0 Å². The van der Waals surface area contributed by atoms with Crippen LogP contribution in [-0.4, -0.2) is 34.5 Å². The van der Waals surface area contributed by atoms with Crippen molar-refractivity contribution in [3.05, 3.63) is 59.4 Å². The summed E-state index contributed by atoms with van der Waals surface area (Å²) in [5.41, 5.74) is 3.13. The van der Waals surface area contributed by atoms with E-state index in [2.05, 4.69) is 10.3 Å². The van der Waals surface area contributed by atoms with Crippen LogP contribution >= 0.6 is 0 Å². The lowest BCUT2D eigenvalue weighted by Gasteiger charge is -2.16. The van der Waals surface area contributed by atoms with Gasteiger partial charge in [-0.2, -0.15) is 8.78 Å². The molecule has 0 radical (unpaired) electrons. The maximum absolute atomic E-state index is 13.6. The molecule has 2 aromatic carbocycles. The van der Waals surface area contributed by atoms with Gasteiger partial charge in [0.2, 0.25) is 5.91 Å². The van der Waals surface area contributed by atoms with Crippen molar-refractivity contribution >= 4 is 28.5 Å². The number of aromatic nitrogens is 2. The summed E-state index contributed by atoms with van der Waals surface area (Å²) < 4.78 is 28.2. The number of amides is 2. The monoisotopic (exact) mass is 412 g/mol. The van der Waals surface area contributed by atoms with E-state index in [1.807, 2.05) is 0 Å². The van der Waals surface area contributed by atoms with Crippen molar-refractivity contribution in [2.24, 2.45) is 0 Å². The molecule has 4 rings (SSSR count). The molecular formula is C22H22F2N4O2. The topological polar surface area (TPSA) is 67.2 Å². The zero-order valence-corrected chi connectivity index (χ0v) is 16.7. The van der Waals surface area contributed by atoms with Gasteiger partial charge in [-0.3, -0.25) is 14.2 Å². The Labute approximate surface area is 172 Å². The molecule has 156 valence electrons. The Kier molecular flexibility index (Phi) is 5.24. The SMILES string of the molecule is CC(=O)N1CCc2cc(C(=O)NC[C@@H](C)c3nc4ccccc4n3C(F)F)ccc21. The van der Waals surface area contributed by atoms with Gasteiger partial charge in [-0.15, -0.1) is 0 Å². The predicted octanol–water partition coefficient (Wildman–Crippen LogP) is 3.87. The third kappa shape index (κ3) is 3.53. The molecule has 2 heterocycles. The molecule has 1 N–H and O–H groups in total. The minimum atomic E-state index is -2.72. The normalized spacial score (nSPS) is 14.2. The van der Waals surface area contributed by atoms with E-state index in [1.54, 1.807) is 54.3 Å². The molecule has 0 spiro atoms. The second-order valence-corrected chi connectivity index (χ2v) is 7.48. The Bertz CT molecular complexity index is 1130. The third-order valence-electron chi connectivity index (χ3n) is 5.45. The second-order valence-electron chi connectivity index (χ2n) is 7.48. The molecule has 1 aliphatic rings. The second kappa shape index (κ2) is 7.85. The van der Waals surface area contributed by atoms with Crippen LogP contribution < -0.4 is 10.2 Å². The molecular weight excluding hydrogens is 390 g/mol. The van der Waals surface area contributed by atoms with E-state index in [9.17, 15) is 18.4 Å². The highest BCUT2D eigenvalue weighted by molar-refractivity contribution is 5.97. The third-order valence-corrected chi connectivity index (χ3v) is 5.45. The van der Waals surface area contributed by atoms with Crippen molar-refractivity contribution in [3.63, 3.8) is 0 Å². The number of halogens is 2. The molecule has 1 aliphatic heterocycles. The van der Waals surface area contributed by atoms with E-state index in [0.29, 0.717) is 29.6 Å². The van der Waals surface area contributed by atoms with E-state index >= 15 is 0 Å². The number of benzene rings is 2. The molecule has 1 aromatic heterocycles. The lowest BCUT2D eigenvalue weighted by Crippen LogP contribution is -2.29. The van der Waals surface area contributed by atoms with Crippen molar-refractivity contribution in [3.8, 4) is 0 Å². The number of carbonyl (C=O) groups is 2. The maximum Gasteiger partial charge on any atom is 0.320 e. The molecule has 0 fully saturated rings. The van der Waals surface area contributed by atoms with Gasteiger partial charge in [0.25, 0.3) is 5.91 Å². The predicted molar refractivity (Wildman–Crippen MR) is 110 cm³/mol. The van der Waals surface area contributed by atoms with Crippen LogP contribution in [-0.2, 0) is 11.2 Å². The number of imidazole rings is 1. The molecule has 6 nitrogen and oxygen atoms in total. The molecule has 0 aliphatic carbocycles. The van der Waals surface area contributed by atoms with Crippen LogP contribution in [0.25, 0.3) is 11.0 Å². The van der Waals surface area contributed by atoms with Crippen molar-refractivity contribution in [2.75, 3.05) is 18.0 Å². The first-order valence-electron chi connectivity index (χ1n) is 9.81. The lowest BCUT2D eigenvalue weighted by molar-refractivity contribution is -0.116. The Morgan fingerprint density at radius 1 is 1.20 bits per heavy atom. The van der Waals surface area contributed by atoms with Crippen molar-refractivity contribution < 1.29 is 18.4 Å². The minimum absolute atomic E-state index is 0.0262. The molecule has 30 heavy (non-hydrogen) atoms. The van der Waals surface area contributed by atoms with Gasteiger partial charge < -0.3 is 10.2 Å². The molecule has 2 amide bonds. The standard InChI is InChI=1S/C22H22F2N4O2/c1-13(20-26-17-5-3-4-6-19(17)28(20)22(23)24)12-25-21(30)16-7-8-18-15(11-16)9-10-27(18)14(2)29/h3-8,11,13,22H,9-10,12H2,1-2H3,(H,25,30)/t13-/m1/s1. The molecule has 0 saturated carbocycles. The van der Waals surface area contributed by atoms with Gasteiger partial charge >= 0.3 is 6.55 Å². The fourth-order valence-electron chi connectivity index (χ4n) is 3.93. The number of fused-ring (bicyclic) bond motifs is 2. The summed E-state index contributed by atoms with van der Waals surface area (Å²) in [6, 6.07) is 12.0. The molecule has 3 aromatic rings. The van der Waals surface area contributed by atoms with Crippen molar-refractivity contribution in [1.82, 2.24) is 14.9 Å². The fraction of sp³-hybridized carbons (Fsp3) is 0.318. The summed E-state index contributed by atoms with van der Waals surface area (Å²) in [6.07, 6.45) is 0.699. The van der Waals surface area contributed by atoms with E-state index in [0.717, 1.165) is 15.8 Å². The molecule has 0 bridgehead atoms. The first-order valence-corrected chi connectivity index (χ1v) is 9.81. The Hall–Kier alpha value is -3.29. The van der Waals surface area contributed by atoms with Gasteiger partial charge in [-0.05, 0) is 42.3 Å². The van der Waals surface area contributed by atoms with Gasteiger partial charge in [-0.1, -0.05) is 19.1 Å². The molecule has 8 heteroatoms. The Morgan fingerprint density at radius 3 is 2.70 bits per heavy atom. The van der Waals surface area contributed by atoms with E-state index < -0.39 is 12.5 Å². The van der Waals surface area contributed by atoms with E-state index in [1.165, 1.54) is 6.92 Å². The number of rotatable bonds is 5. The Morgan fingerprint density at radius 2 is 1.97 bits per heavy atom. The van der Waals surface area contributed by atoms with Crippen LogP contribution in [0.5, 0.6) is 0 Å². The van der Waals surface area contributed by atoms with Crippen LogP contribution in [0, 0.1) is 0 Å². The van der Waals surface area contributed by atoms with Crippen LogP contribution in [0.3, 0.4) is 0 Å². The largest absolute Gasteiger partial charge is 0.351 e. The smallest absolute Gasteiger partial charge is 0.320 e. The number of nitrogens with one attached hydrogen (secondary N) is 1. The van der Waals surface area contributed by atoms with Crippen LogP contribution in [0.4, 0.5) is 14.5 Å². The summed E-state index contributed by atoms with van der Waals surface area (Å²) >= 11 is 0. The number of carbonyl (C=O) groups excluding carboxylic acids is 2. The maximum atomic E-state index is 13.6. The highest BCUT2D eigenvalue weighted by Crippen LogP contribution is 2.29. The lowest BCUT2D eigenvalue weighted by atomic mass is 10.1. The fourth-order valence-corrected chi connectivity index (χ4v) is 3.93.